The number of amides is 1. The van der Waals surface area contributed by atoms with E-state index in [0.29, 0.717) is 5.75 Å². The molecule has 0 aliphatic rings. The van der Waals surface area contributed by atoms with Gasteiger partial charge in [0.2, 0.25) is 5.91 Å². The lowest BCUT2D eigenvalue weighted by atomic mass is 10.2. The highest BCUT2D eigenvalue weighted by Crippen LogP contribution is 2.13. The van der Waals surface area contributed by atoms with Gasteiger partial charge >= 0.3 is 5.97 Å². The summed E-state index contributed by atoms with van der Waals surface area (Å²) in [6.07, 6.45) is 0.579. The average molecular weight is 250 g/mol. The van der Waals surface area contributed by atoms with E-state index in [-0.39, 0.29) is 5.91 Å². The number of hydrogen-bond acceptors (Lipinski definition) is 4. The van der Waals surface area contributed by atoms with Crippen molar-refractivity contribution >= 4 is 18.1 Å². The highest BCUT2D eigenvalue weighted by molar-refractivity contribution is 5.81. The van der Waals surface area contributed by atoms with Crippen LogP contribution in [0.5, 0.6) is 5.75 Å². The molecular formula is C12H14N2O4. The molecule has 6 heteroatoms. The molecule has 0 saturated heterocycles. The maximum absolute atomic E-state index is 10.6. The van der Waals surface area contributed by atoms with Gasteiger partial charge in [-0.05, 0) is 36.8 Å². The van der Waals surface area contributed by atoms with E-state index in [0.717, 1.165) is 5.56 Å². The molecule has 0 aliphatic heterocycles. The van der Waals surface area contributed by atoms with Crippen LogP contribution in [0.25, 0.3) is 0 Å². The van der Waals surface area contributed by atoms with Crippen molar-refractivity contribution in [2.75, 3.05) is 0 Å². The van der Waals surface area contributed by atoms with Crippen LogP contribution in [0.4, 0.5) is 0 Å². The van der Waals surface area contributed by atoms with Gasteiger partial charge in [-0.2, -0.15) is 5.10 Å². The van der Waals surface area contributed by atoms with Gasteiger partial charge in [0.15, 0.2) is 6.10 Å². The molecular weight excluding hydrogens is 236 g/mol. The number of nitrogens with one attached hydrogen (secondary N) is 1. The molecule has 18 heavy (non-hydrogen) atoms. The summed E-state index contributed by atoms with van der Waals surface area (Å²) in [5, 5.41) is 12.4. The van der Waals surface area contributed by atoms with Gasteiger partial charge in [0, 0.05) is 6.92 Å². The largest absolute Gasteiger partial charge is 0.479 e. The Labute approximate surface area is 104 Å². The molecule has 2 N–H and O–H groups in total. The summed E-state index contributed by atoms with van der Waals surface area (Å²) in [7, 11) is 0. The zero-order valence-electron chi connectivity index (χ0n) is 10.1. The first-order valence-electron chi connectivity index (χ1n) is 5.28. The van der Waals surface area contributed by atoms with E-state index in [1.165, 1.54) is 20.1 Å². The van der Waals surface area contributed by atoms with Crippen molar-refractivity contribution in [3.8, 4) is 5.75 Å². The molecule has 6 nitrogen and oxygen atoms in total. The summed E-state index contributed by atoms with van der Waals surface area (Å²) in [6, 6.07) is 6.67. The molecule has 96 valence electrons. The van der Waals surface area contributed by atoms with E-state index < -0.39 is 12.1 Å². The van der Waals surface area contributed by atoms with Gasteiger partial charge in [0.1, 0.15) is 5.75 Å². The second-order valence-electron chi connectivity index (χ2n) is 3.59. The van der Waals surface area contributed by atoms with Gasteiger partial charge in [-0.1, -0.05) is 0 Å². The molecule has 0 spiro atoms. The number of hydrazone groups is 1. The second kappa shape index (κ2) is 6.39. The Morgan fingerprint density at radius 3 is 2.50 bits per heavy atom. The zero-order valence-corrected chi connectivity index (χ0v) is 10.1. The lowest BCUT2D eigenvalue weighted by Crippen LogP contribution is -2.22. The van der Waals surface area contributed by atoms with Gasteiger partial charge in [0.25, 0.3) is 0 Å². The highest BCUT2D eigenvalue weighted by Gasteiger charge is 2.11. The standard InChI is InChI=1S/C12H14N2O4/c1-8(12(16)17)18-11-5-3-10(4-6-11)7-13-14-9(2)15/h3-8H,1-2H3,(H,14,15)(H,16,17)/b13-7-/t8-/m0/s1. The Kier molecular flexibility index (Phi) is 4.86. The maximum atomic E-state index is 10.6. The number of ether oxygens (including phenoxy) is 1. The van der Waals surface area contributed by atoms with Gasteiger partial charge in [0.05, 0.1) is 6.21 Å². The van der Waals surface area contributed by atoms with Gasteiger partial charge < -0.3 is 9.84 Å². The number of nitrogens with zero attached hydrogens (tertiary/aromatic N) is 1. The Hall–Kier alpha value is -2.37. The monoisotopic (exact) mass is 250 g/mol. The normalized spacial score (nSPS) is 12.1. The van der Waals surface area contributed by atoms with Gasteiger partial charge in [-0.15, -0.1) is 0 Å². The topological polar surface area (TPSA) is 88.0 Å². The molecule has 1 rings (SSSR count). The third kappa shape index (κ3) is 4.65. The van der Waals surface area contributed by atoms with Crippen LogP contribution < -0.4 is 10.2 Å². The smallest absolute Gasteiger partial charge is 0.344 e. The van der Waals surface area contributed by atoms with Crippen LogP contribution in [0.1, 0.15) is 19.4 Å². The molecule has 0 bridgehead atoms. The lowest BCUT2D eigenvalue weighted by molar-refractivity contribution is -0.144. The van der Waals surface area contributed by atoms with E-state index in [9.17, 15) is 9.59 Å². The molecule has 0 radical (unpaired) electrons. The van der Waals surface area contributed by atoms with E-state index in [1.54, 1.807) is 24.3 Å². The first-order chi connectivity index (χ1) is 8.49. The number of carbonyl (C=O) groups excluding carboxylic acids is 1. The number of benzene rings is 1. The summed E-state index contributed by atoms with van der Waals surface area (Å²) >= 11 is 0. The number of carboxylic acid groups (broad SMARTS) is 1. The molecule has 0 unspecified atom stereocenters. The van der Waals surface area contributed by atoms with Gasteiger partial charge in [-0.25, -0.2) is 10.2 Å². The van der Waals surface area contributed by atoms with Crippen LogP contribution in [0.15, 0.2) is 29.4 Å². The molecule has 0 aliphatic carbocycles. The van der Waals surface area contributed by atoms with Crippen molar-refractivity contribution in [2.45, 2.75) is 20.0 Å². The molecule has 1 aromatic carbocycles. The Balaban J connectivity index is 2.60. The van der Waals surface area contributed by atoms with E-state index in [4.69, 9.17) is 9.84 Å². The summed E-state index contributed by atoms with van der Waals surface area (Å²) < 4.78 is 5.16. The van der Waals surface area contributed by atoms with Crippen LogP contribution in [0.3, 0.4) is 0 Å². The number of aliphatic carboxylic acids is 1. The second-order valence-corrected chi connectivity index (χ2v) is 3.59. The van der Waals surface area contributed by atoms with Crippen LogP contribution in [-0.2, 0) is 9.59 Å². The summed E-state index contributed by atoms with van der Waals surface area (Å²) in [5.41, 5.74) is 3.04. The van der Waals surface area contributed by atoms with Crippen molar-refractivity contribution < 1.29 is 19.4 Å². The minimum absolute atomic E-state index is 0.249. The number of carbonyl (C=O) groups is 2. The third-order valence-electron chi connectivity index (χ3n) is 1.98. The lowest BCUT2D eigenvalue weighted by Gasteiger charge is -2.09. The minimum Gasteiger partial charge on any atom is -0.479 e. The maximum Gasteiger partial charge on any atom is 0.344 e. The van der Waals surface area contributed by atoms with Crippen molar-refractivity contribution in [1.82, 2.24) is 5.43 Å². The summed E-state index contributed by atoms with van der Waals surface area (Å²) in [6.45, 7) is 2.82. The van der Waals surface area contributed by atoms with Crippen molar-refractivity contribution in [2.24, 2.45) is 5.10 Å². The first-order valence-corrected chi connectivity index (χ1v) is 5.28. The fourth-order valence-electron chi connectivity index (χ4n) is 1.08. The van der Waals surface area contributed by atoms with Crippen LogP contribution >= 0.6 is 0 Å². The van der Waals surface area contributed by atoms with Crippen molar-refractivity contribution in [3.63, 3.8) is 0 Å². The van der Waals surface area contributed by atoms with Crippen molar-refractivity contribution in [1.29, 1.82) is 0 Å². The van der Waals surface area contributed by atoms with Gasteiger partial charge in [-0.3, -0.25) is 4.79 Å². The Morgan fingerprint density at radius 2 is 2.00 bits per heavy atom. The Morgan fingerprint density at radius 1 is 1.39 bits per heavy atom. The van der Waals surface area contributed by atoms with E-state index >= 15 is 0 Å². The predicted octanol–water partition coefficient (Wildman–Crippen LogP) is 1.01. The quantitative estimate of drug-likeness (QED) is 0.603. The van der Waals surface area contributed by atoms with Crippen LogP contribution in [0, 0.1) is 0 Å². The molecule has 0 fully saturated rings. The van der Waals surface area contributed by atoms with Crippen LogP contribution in [-0.4, -0.2) is 29.3 Å². The van der Waals surface area contributed by atoms with Crippen molar-refractivity contribution in [3.05, 3.63) is 29.8 Å². The molecule has 1 amide bonds. The fraction of sp³-hybridized carbons (Fsp3) is 0.250. The fourth-order valence-corrected chi connectivity index (χ4v) is 1.08. The molecule has 1 aromatic rings. The van der Waals surface area contributed by atoms with E-state index in [1.807, 2.05) is 0 Å². The summed E-state index contributed by atoms with van der Waals surface area (Å²) in [5.74, 6) is -0.811. The average Bonchev–Trinajstić information content (AvgIpc) is 2.30. The molecule has 1 atom stereocenters. The molecule has 0 heterocycles. The van der Waals surface area contributed by atoms with E-state index in [2.05, 4.69) is 10.5 Å². The predicted molar refractivity (Wildman–Crippen MR) is 65.6 cm³/mol. The minimum atomic E-state index is -1.02. The number of hydrogen-bond donors (Lipinski definition) is 2. The SMILES string of the molecule is CC(=O)N/N=C\c1ccc(O[C@@H](C)C(=O)O)cc1. The van der Waals surface area contributed by atoms with Crippen LogP contribution in [0.2, 0.25) is 0 Å². The highest BCUT2D eigenvalue weighted by atomic mass is 16.5. The summed E-state index contributed by atoms with van der Waals surface area (Å²) in [4.78, 5) is 21.2. The number of carboxylic acids is 1. The zero-order chi connectivity index (χ0) is 13.5. The first kappa shape index (κ1) is 13.7. The Bertz CT molecular complexity index is 454. The third-order valence-corrected chi connectivity index (χ3v) is 1.98. The number of rotatable bonds is 5. The molecule has 0 aromatic heterocycles. The molecule has 0 saturated carbocycles.